The molecule has 39 valence electrons. The number of hydrogen-bond acceptors (Lipinski definition) is 1. The maximum absolute atomic E-state index is 9.49. The Kier molecular flexibility index (Phi) is 13.5. The molecule has 0 bridgehead atoms. The van der Waals surface area contributed by atoms with E-state index in [1.165, 1.54) is 0 Å². The summed E-state index contributed by atoms with van der Waals surface area (Å²) in [7, 11) is 0. The minimum atomic E-state index is 0. The van der Waals surface area contributed by atoms with E-state index in [9.17, 15) is 4.79 Å². The van der Waals surface area contributed by atoms with Gasteiger partial charge in [0.2, 0.25) is 0 Å². The zero-order valence-corrected chi connectivity index (χ0v) is 5.61. The Bertz CT molecular complexity index is 59.1. The third-order valence-corrected chi connectivity index (χ3v) is 0.418. The van der Waals surface area contributed by atoms with E-state index in [1.807, 2.05) is 0 Å². The molecule has 0 saturated carbocycles. The Labute approximate surface area is 55.7 Å². The predicted molar refractivity (Wildman–Crippen MR) is 24.2 cm³/mol. The molecule has 0 fully saturated rings. The normalized spacial score (nSPS) is 8.14. The van der Waals surface area contributed by atoms with E-state index in [1.54, 1.807) is 13.0 Å². The van der Waals surface area contributed by atoms with Crippen LogP contribution in [-0.4, -0.2) is 6.29 Å². The molecule has 2 heteroatoms. The Morgan fingerprint density at radius 2 is 2.29 bits per heavy atom. The second kappa shape index (κ2) is 9.37. The fourth-order valence-electron chi connectivity index (χ4n) is 0.166. The summed E-state index contributed by atoms with van der Waals surface area (Å²) < 4.78 is 0. The van der Waals surface area contributed by atoms with E-state index in [4.69, 9.17) is 0 Å². The molecule has 0 unspecified atom stereocenters. The van der Waals surface area contributed by atoms with Crippen LogP contribution >= 0.6 is 0 Å². The zero-order valence-electron chi connectivity index (χ0n) is 4.22. The van der Waals surface area contributed by atoms with Crippen LogP contribution in [0.25, 0.3) is 0 Å². The first-order valence-electron chi connectivity index (χ1n) is 1.84. The van der Waals surface area contributed by atoms with E-state index < -0.39 is 0 Å². The van der Waals surface area contributed by atoms with Crippen LogP contribution in [0.3, 0.4) is 0 Å². The zero-order chi connectivity index (χ0) is 4.83. The number of allylic oxidation sites excluding steroid dienone is 2. The predicted octanol–water partition coefficient (Wildman–Crippen LogP) is 0.952. The molecule has 0 aliphatic heterocycles. The van der Waals surface area contributed by atoms with Crippen molar-refractivity contribution in [3.63, 3.8) is 0 Å². The van der Waals surface area contributed by atoms with Gasteiger partial charge in [-0.1, -0.05) is 0 Å². The minimum Gasteiger partial charge on any atom is -0.503 e. The first-order valence-corrected chi connectivity index (χ1v) is 1.84. The van der Waals surface area contributed by atoms with Gasteiger partial charge in [0.1, 0.15) is 6.29 Å². The average molecular weight is 134 g/mol. The quantitative estimate of drug-likeness (QED) is 0.406. The van der Waals surface area contributed by atoms with E-state index >= 15 is 0 Å². The molecule has 0 spiro atoms. The summed E-state index contributed by atoms with van der Waals surface area (Å²) in [6, 6.07) is 0. The molecule has 1 radical (unpaired) electrons. The molecule has 0 atom stereocenters. The van der Waals surface area contributed by atoms with Crippen molar-refractivity contribution in [2.75, 3.05) is 0 Å². The fraction of sp³-hybridized carbons (Fsp3) is 0.400. The van der Waals surface area contributed by atoms with Gasteiger partial charge < -0.3 is 10.9 Å². The van der Waals surface area contributed by atoms with Gasteiger partial charge in [-0.3, -0.25) is 6.08 Å². The van der Waals surface area contributed by atoms with Crippen LogP contribution in [0.4, 0.5) is 0 Å². The van der Waals surface area contributed by atoms with Crippen molar-refractivity contribution in [1.82, 2.24) is 0 Å². The molecule has 7 heavy (non-hydrogen) atoms. The van der Waals surface area contributed by atoms with Crippen molar-refractivity contribution >= 4 is 6.29 Å². The van der Waals surface area contributed by atoms with Gasteiger partial charge in [0, 0.05) is 18.6 Å². The van der Waals surface area contributed by atoms with E-state index in [0.717, 1.165) is 6.29 Å². The number of hydrogen-bond donors (Lipinski definition) is 0. The van der Waals surface area contributed by atoms with Crippen molar-refractivity contribution < 1.29 is 23.4 Å². The van der Waals surface area contributed by atoms with Gasteiger partial charge in [-0.25, -0.2) is 0 Å². The van der Waals surface area contributed by atoms with E-state index in [0.29, 0.717) is 6.42 Å². The topological polar surface area (TPSA) is 17.1 Å². The fourth-order valence-corrected chi connectivity index (χ4v) is 0.166. The summed E-state index contributed by atoms with van der Waals surface area (Å²) >= 11 is 0. The average Bonchev–Trinajstić information content (AvgIpc) is 1.61. The first-order chi connectivity index (χ1) is 2.91. The number of aldehydes is 1. The van der Waals surface area contributed by atoms with Crippen LogP contribution in [0.1, 0.15) is 13.3 Å². The first kappa shape index (κ1) is 10.1. The molecular formula is C5H7OV-. The largest absolute Gasteiger partial charge is 0.503 e. The molecule has 0 aromatic carbocycles. The molecule has 0 saturated heterocycles. The van der Waals surface area contributed by atoms with Crippen molar-refractivity contribution in [3.05, 3.63) is 12.2 Å². The van der Waals surface area contributed by atoms with E-state index in [2.05, 4.69) is 6.08 Å². The molecule has 0 aliphatic rings. The Balaban J connectivity index is 0. The standard InChI is InChI=1S/C5H7O.V/c1-2-3-4-5-6;/h3,5H,4H2,1H3;/q-1;. The number of rotatable bonds is 2. The summed E-state index contributed by atoms with van der Waals surface area (Å²) in [6.07, 6.45) is 5.74. The number of carbonyl (C=O) groups excluding carboxylic acids is 1. The molecule has 1 nitrogen and oxygen atoms in total. The van der Waals surface area contributed by atoms with Gasteiger partial charge in [0.25, 0.3) is 0 Å². The molecule has 0 N–H and O–H groups in total. The smallest absolute Gasteiger partial charge is 0.120 e. The van der Waals surface area contributed by atoms with Crippen molar-refractivity contribution in [3.8, 4) is 0 Å². The van der Waals surface area contributed by atoms with Gasteiger partial charge in [0.15, 0.2) is 0 Å². The molecule has 0 aromatic rings. The summed E-state index contributed by atoms with van der Waals surface area (Å²) in [4.78, 5) is 9.49. The van der Waals surface area contributed by atoms with Gasteiger partial charge >= 0.3 is 0 Å². The van der Waals surface area contributed by atoms with Crippen LogP contribution in [0.5, 0.6) is 0 Å². The summed E-state index contributed by atoms with van der Waals surface area (Å²) in [5.41, 5.74) is 0. The Hall–Kier alpha value is -0.00558. The van der Waals surface area contributed by atoms with Crippen LogP contribution in [-0.2, 0) is 23.4 Å². The second-order valence-corrected chi connectivity index (χ2v) is 0.895. The number of carbonyl (C=O) groups is 1. The van der Waals surface area contributed by atoms with Crippen molar-refractivity contribution in [2.45, 2.75) is 13.3 Å². The third kappa shape index (κ3) is 10.7. The molecular weight excluding hydrogens is 127 g/mol. The van der Waals surface area contributed by atoms with Crippen LogP contribution < -0.4 is 0 Å². The molecule has 0 aromatic heterocycles. The Morgan fingerprint density at radius 1 is 1.71 bits per heavy atom. The molecule has 0 heterocycles. The summed E-state index contributed by atoms with van der Waals surface area (Å²) in [5, 5.41) is 0. The van der Waals surface area contributed by atoms with Crippen LogP contribution in [0, 0.1) is 6.08 Å². The summed E-state index contributed by atoms with van der Waals surface area (Å²) in [5.74, 6) is 0. The molecule has 0 rings (SSSR count). The van der Waals surface area contributed by atoms with Gasteiger partial charge in [0.05, 0.1) is 0 Å². The van der Waals surface area contributed by atoms with Crippen molar-refractivity contribution in [2.24, 2.45) is 0 Å². The monoisotopic (exact) mass is 134 g/mol. The maximum atomic E-state index is 9.49. The maximum Gasteiger partial charge on any atom is 0.120 e. The molecule has 0 amide bonds. The van der Waals surface area contributed by atoms with Gasteiger partial charge in [-0.15, -0.1) is 0 Å². The third-order valence-electron chi connectivity index (χ3n) is 0.418. The molecule has 0 aliphatic carbocycles. The van der Waals surface area contributed by atoms with E-state index in [-0.39, 0.29) is 18.6 Å². The van der Waals surface area contributed by atoms with Gasteiger partial charge in [-0.05, 0) is 6.42 Å². The van der Waals surface area contributed by atoms with Crippen LogP contribution in [0.2, 0.25) is 0 Å². The Morgan fingerprint density at radius 3 is 2.43 bits per heavy atom. The van der Waals surface area contributed by atoms with Crippen LogP contribution in [0.15, 0.2) is 6.08 Å². The summed E-state index contributed by atoms with van der Waals surface area (Å²) in [6.45, 7) is 1.77. The minimum absolute atomic E-state index is 0. The van der Waals surface area contributed by atoms with Crippen molar-refractivity contribution in [1.29, 1.82) is 0 Å². The van der Waals surface area contributed by atoms with Gasteiger partial charge in [-0.2, -0.15) is 6.92 Å². The second-order valence-electron chi connectivity index (χ2n) is 0.895. The SMILES string of the molecule is C[C-]=CCC=O.[V].